The number of anilines is 1. The topological polar surface area (TPSA) is 86.7 Å². The van der Waals surface area contributed by atoms with Crippen molar-refractivity contribution in [3.8, 4) is 11.5 Å². The molecule has 3 N–H and O–H groups in total. The highest BCUT2D eigenvalue weighted by Crippen LogP contribution is 2.36. The number of primary amides is 1. The summed E-state index contributed by atoms with van der Waals surface area (Å²) in [7, 11) is 0. The number of amides is 1. The molecule has 2 aromatic carbocycles. The van der Waals surface area contributed by atoms with E-state index in [-0.39, 0.29) is 12.6 Å². The van der Waals surface area contributed by atoms with Crippen LogP contribution in [0.3, 0.4) is 0 Å². The molecule has 0 bridgehead atoms. The second-order valence-electron chi connectivity index (χ2n) is 5.84. The van der Waals surface area contributed by atoms with Gasteiger partial charge in [0.2, 0.25) is 12.6 Å². The van der Waals surface area contributed by atoms with E-state index in [1.54, 1.807) is 0 Å². The largest absolute Gasteiger partial charge is 0.454 e. The summed E-state index contributed by atoms with van der Waals surface area (Å²) in [5.74, 6) is 0.777. The molecule has 1 aromatic heterocycles. The Morgan fingerprint density at radius 1 is 1.16 bits per heavy atom. The van der Waals surface area contributed by atoms with Crippen molar-refractivity contribution >= 4 is 28.3 Å². The highest BCUT2D eigenvalue weighted by Gasteiger charge is 2.20. The van der Waals surface area contributed by atoms with Crippen LogP contribution in [0, 0.1) is 6.92 Å². The number of nitrogens with one attached hydrogen (secondary N) is 1. The molecule has 1 aliphatic rings. The zero-order valence-electron chi connectivity index (χ0n) is 13.6. The lowest BCUT2D eigenvalue weighted by molar-refractivity contribution is 0.0977. The van der Waals surface area contributed by atoms with Gasteiger partial charge >= 0.3 is 0 Å². The molecule has 1 aliphatic heterocycles. The smallest absolute Gasteiger partial charge is 0.286 e. The molecule has 0 radical (unpaired) electrons. The summed E-state index contributed by atoms with van der Waals surface area (Å²) in [5, 5.41) is 3.94. The minimum absolute atomic E-state index is 0.0718. The summed E-state index contributed by atoms with van der Waals surface area (Å²) >= 11 is 0. The van der Waals surface area contributed by atoms with Crippen LogP contribution in [0.1, 0.15) is 21.7 Å². The lowest BCUT2D eigenvalue weighted by atomic mass is 10.1. The standard InChI is InChI=1S/C19H16N2O4/c1-10-3-5-14-13(7-10)17(18(25-14)19(20)22)21-11(2)12-4-6-15-16(8-12)24-9-23-15/h3-8,21H,2,9H2,1H3,(H2,20,22). The molecule has 126 valence electrons. The van der Waals surface area contributed by atoms with Gasteiger partial charge in [0.1, 0.15) is 5.58 Å². The zero-order chi connectivity index (χ0) is 17.6. The van der Waals surface area contributed by atoms with Crippen molar-refractivity contribution in [2.24, 2.45) is 5.73 Å². The van der Waals surface area contributed by atoms with Crippen LogP contribution in [0.2, 0.25) is 0 Å². The summed E-state index contributed by atoms with van der Waals surface area (Å²) in [6, 6.07) is 11.2. The first-order valence-electron chi connectivity index (χ1n) is 7.72. The summed E-state index contributed by atoms with van der Waals surface area (Å²) in [5.41, 5.74) is 9.00. The van der Waals surface area contributed by atoms with E-state index in [9.17, 15) is 4.79 Å². The van der Waals surface area contributed by atoms with Crippen molar-refractivity contribution in [3.63, 3.8) is 0 Å². The SMILES string of the molecule is C=C(Nc1c(C(N)=O)oc2ccc(C)cc12)c1ccc2c(c1)OCO2. The molecule has 0 aliphatic carbocycles. The van der Waals surface area contributed by atoms with Gasteiger partial charge in [-0.25, -0.2) is 0 Å². The molecular formula is C19H16N2O4. The molecule has 25 heavy (non-hydrogen) atoms. The number of hydrogen-bond acceptors (Lipinski definition) is 5. The number of aryl methyl sites for hydroxylation is 1. The van der Waals surface area contributed by atoms with Crippen LogP contribution in [-0.4, -0.2) is 12.7 Å². The Bertz CT molecular complexity index is 1020. The van der Waals surface area contributed by atoms with Gasteiger partial charge < -0.3 is 24.9 Å². The fourth-order valence-corrected chi connectivity index (χ4v) is 2.82. The Morgan fingerprint density at radius 2 is 1.96 bits per heavy atom. The lowest BCUT2D eigenvalue weighted by Crippen LogP contribution is -2.12. The van der Waals surface area contributed by atoms with E-state index in [1.807, 2.05) is 43.3 Å². The Labute approximate surface area is 143 Å². The minimum Gasteiger partial charge on any atom is -0.454 e. The van der Waals surface area contributed by atoms with Crippen LogP contribution in [0.15, 0.2) is 47.4 Å². The molecule has 0 fully saturated rings. The van der Waals surface area contributed by atoms with E-state index in [0.29, 0.717) is 28.5 Å². The summed E-state index contributed by atoms with van der Waals surface area (Å²) in [6.07, 6.45) is 0. The molecule has 0 saturated heterocycles. The van der Waals surface area contributed by atoms with Crippen molar-refractivity contribution in [3.05, 3.63) is 59.9 Å². The maximum Gasteiger partial charge on any atom is 0.286 e. The third-order valence-corrected chi connectivity index (χ3v) is 4.06. The van der Waals surface area contributed by atoms with Crippen LogP contribution in [0.5, 0.6) is 11.5 Å². The summed E-state index contributed by atoms with van der Waals surface area (Å²) in [6.45, 7) is 6.22. The molecule has 0 spiro atoms. The van der Waals surface area contributed by atoms with Gasteiger partial charge in [0.05, 0.1) is 5.69 Å². The van der Waals surface area contributed by atoms with Crippen molar-refractivity contribution in [2.75, 3.05) is 12.1 Å². The van der Waals surface area contributed by atoms with Crippen LogP contribution in [0.4, 0.5) is 5.69 Å². The summed E-state index contributed by atoms with van der Waals surface area (Å²) in [4.78, 5) is 11.8. The van der Waals surface area contributed by atoms with Gasteiger partial charge in [0, 0.05) is 16.6 Å². The van der Waals surface area contributed by atoms with Gasteiger partial charge in [0.15, 0.2) is 11.5 Å². The van der Waals surface area contributed by atoms with E-state index in [4.69, 9.17) is 19.6 Å². The van der Waals surface area contributed by atoms with Crippen molar-refractivity contribution in [1.82, 2.24) is 0 Å². The minimum atomic E-state index is -0.644. The Balaban J connectivity index is 1.74. The van der Waals surface area contributed by atoms with Crippen LogP contribution in [0.25, 0.3) is 16.7 Å². The van der Waals surface area contributed by atoms with Crippen molar-refractivity contribution in [1.29, 1.82) is 0 Å². The second-order valence-corrected chi connectivity index (χ2v) is 5.84. The van der Waals surface area contributed by atoms with Gasteiger partial charge in [0.25, 0.3) is 5.91 Å². The number of hydrogen-bond donors (Lipinski definition) is 2. The monoisotopic (exact) mass is 336 g/mol. The molecule has 0 saturated carbocycles. The molecule has 6 nitrogen and oxygen atoms in total. The molecule has 0 atom stereocenters. The zero-order valence-corrected chi connectivity index (χ0v) is 13.6. The van der Waals surface area contributed by atoms with Gasteiger partial charge in [-0.05, 0) is 37.3 Å². The number of rotatable bonds is 4. The van der Waals surface area contributed by atoms with Gasteiger partial charge in [-0.15, -0.1) is 0 Å². The molecule has 0 unspecified atom stereocenters. The number of furan rings is 1. The highest BCUT2D eigenvalue weighted by molar-refractivity contribution is 6.07. The predicted molar refractivity (Wildman–Crippen MR) is 94.7 cm³/mol. The molecule has 1 amide bonds. The van der Waals surface area contributed by atoms with Crippen LogP contribution < -0.4 is 20.5 Å². The first kappa shape index (κ1) is 15.1. The Hall–Kier alpha value is -3.41. The van der Waals surface area contributed by atoms with Gasteiger partial charge in [-0.3, -0.25) is 4.79 Å². The van der Waals surface area contributed by atoms with E-state index >= 15 is 0 Å². The third-order valence-electron chi connectivity index (χ3n) is 4.06. The van der Waals surface area contributed by atoms with Crippen LogP contribution >= 0.6 is 0 Å². The average Bonchev–Trinajstić information content (AvgIpc) is 3.19. The van der Waals surface area contributed by atoms with E-state index in [1.165, 1.54) is 0 Å². The summed E-state index contributed by atoms with van der Waals surface area (Å²) < 4.78 is 16.3. The Morgan fingerprint density at radius 3 is 2.76 bits per heavy atom. The fourth-order valence-electron chi connectivity index (χ4n) is 2.82. The fraction of sp³-hybridized carbons (Fsp3) is 0.105. The number of carbonyl (C=O) groups excluding carboxylic acids is 1. The Kier molecular flexibility index (Phi) is 3.39. The first-order chi connectivity index (χ1) is 12.0. The molecular weight excluding hydrogens is 320 g/mol. The van der Waals surface area contributed by atoms with E-state index < -0.39 is 5.91 Å². The third kappa shape index (κ3) is 2.57. The van der Waals surface area contributed by atoms with Crippen molar-refractivity contribution in [2.45, 2.75) is 6.92 Å². The van der Waals surface area contributed by atoms with Crippen LogP contribution in [-0.2, 0) is 0 Å². The number of nitrogens with two attached hydrogens (primary N) is 1. The van der Waals surface area contributed by atoms with E-state index in [0.717, 1.165) is 16.5 Å². The normalized spacial score (nSPS) is 12.4. The average molecular weight is 336 g/mol. The molecule has 4 rings (SSSR count). The number of fused-ring (bicyclic) bond motifs is 2. The quantitative estimate of drug-likeness (QED) is 0.759. The number of ether oxygens (including phenoxy) is 2. The molecule has 2 heterocycles. The van der Waals surface area contributed by atoms with E-state index in [2.05, 4.69) is 11.9 Å². The predicted octanol–water partition coefficient (Wildman–Crippen LogP) is 3.65. The first-order valence-corrected chi connectivity index (χ1v) is 7.72. The molecule has 3 aromatic rings. The van der Waals surface area contributed by atoms with Crippen molar-refractivity contribution < 1.29 is 18.7 Å². The second kappa shape index (κ2) is 5.59. The number of carbonyl (C=O) groups is 1. The number of benzene rings is 2. The highest BCUT2D eigenvalue weighted by atomic mass is 16.7. The maximum absolute atomic E-state index is 11.8. The molecule has 6 heteroatoms. The maximum atomic E-state index is 11.8. The van der Waals surface area contributed by atoms with Gasteiger partial charge in [-0.1, -0.05) is 18.2 Å². The lowest BCUT2D eigenvalue weighted by Gasteiger charge is -2.10. The van der Waals surface area contributed by atoms with Gasteiger partial charge in [-0.2, -0.15) is 0 Å².